The van der Waals surface area contributed by atoms with E-state index in [1.807, 2.05) is 48.5 Å². The number of hydrogen-bond acceptors (Lipinski definition) is 7. The van der Waals surface area contributed by atoms with Crippen LogP contribution in [-0.2, 0) is 0 Å². The summed E-state index contributed by atoms with van der Waals surface area (Å²) < 4.78 is 16.7. The molecule has 0 unspecified atom stereocenters. The lowest BCUT2D eigenvalue weighted by Gasteiger charge is -2.16. The molecule has 7 nitrogen and oxygen atoms in total. The highest BCUT2D eigenvalue weighted by molar-refractivity contribution is 5.62. The zero-order valence-electron chi connectivity index (χ0n) is 17.2. The summed E-state index contributed by atoms with van der Waals surface area (Å²) in [6.45, 7) is 1.85. The summed E-state index contributed by atoms with van der Waals surface area (Å²) in [5, 5.41) is 6.92. The molecule has 7 heteroatoms. The first-order valence-electron chi connectivity index (χ1n) is 10.1. The number of ether oxygens (including phenoxy) is 3. The van der Waals surface area contributed by atoms with Crippen LogP contribution in [0.4, 0.5) is 5.69 Å². The zero-order valence-corrected chi connectivity index (χ0v) is 17.2. The molecule has 2 heterocycles. The standard InChI is InChI=1S/C23H26N4O3/c1-28-18-8-10-19(11-9-18)30-23-21(25-14-17-6-4-12-24-17)15-26-22(27-23)16-5-3-7-20(13-16)29-2/h3,5,7-11,13,15,17,24-25H,4,6,12,14H2,1-2H3/t17-/m0/s1. The number of rotatable bonds is 8. The zero-order chi connectivity index (χ0) is 20.8. The second kappa shape index (κ2) is 9.45. The average molecular weight is 406 g/mol. The topological polar surface area (TPSA) is 77.5 Å². The highest BCUT2D eigenvalue weighted by Gasteiger charge is 2.16. The molecule has 156 valence electrons. The van der Waals surface area contributed by atoms with Gasteiger partial charge in [0, 0.05) is 18.2 Å². The molecule has 3 aromatic rings. The van der Waals surface area contributed by atoms with E-state index in [1.165, 1.54) is 6.42 Å². The summed E-state index contributed by atoms with van der Waals surface area (Å²) in [5.41, 5.74) is 1.61. The van der Waals surface area contributed by atoms with E-state index >= 15 is 0 Å². The molecule has 4 rings (SSSR count). The van der Waals surface area contributed by atoms with Gasteiger partial charge in [-0.3, -0.25) is 0 Å². The first-order valence-corrected chi connectivity index (χ1v) is 10.1. The molecule has 2 N–H and O–H groups in total. The van der Waals surface area contributed by atoms with Crippen molar-refractivity contribution in [1.82, 2.24) is 15.3 Å². The van der Waals surface area contributed by atoms with Crippen molar-refractivity contribution >= 4 is 5.69 Å². The first-order chi connectivity index (χ1) is 14.7. The van der Waals surface area contributed by atoms with Crippen molar-refractivity contribution < 1.29 is 14.2 Å². The van der Waals surface area contributed by atoms with Gasteiger partial charge >= 0.3 is 0 Å². The Morgan fingerprint density at radius 1 is 1.03 bits per heavy atom. The third kappa shape index (κ3) is 4.80. The van der Waals surface area contributed by atoms with Crippen molar-refractivity contribution in [2.24, 2.45) is 0 Å². The van der Waals surface area contributed by atoms with Crippen molar-refractivity contribution in [2.45, 2.75) is 18.9 Å². The third-order valence-electron chi connectivity index (χ3n) is 5.06. The van der Waals surface area contributed by atoms with Crippen LogP contribution >= 0.6 is 0 Å². The Bertz CT molecular complexity index is 972. The smallest absolute Gasteiger partial charge is 0.246 e. The molecule has 0 saturated carbocycles. The molecule has 1 atom stereocenters. The molecule has 0 spiro atoms. The van der Waals surface area contributed by atoms with Crippen molar-refractivity contribution in [3.05, 3.63) is 54.7 Å². The SMILES string of the molecule is COc1ccc(Oc2nc(-c3cccc(OC)c3)ncc2NC[C@@H]2CCCN2)cc1. The van der Waals surface area contributed by atoms with E-state index in [9.17, 15) is 0 Å². The van der Waals surface area contributed by atoms with Gasteiger partial charge in [-0.05, 0) is 55.8 Å². The lowest BCUT2D eigenvalue weighted by atomic mass is 10.2. The van der Waals surface area contributed by atoms with Crippen molar-refractivity contribution in [3.63, 3.8) is 0 Å². The molecule has 0 amide bonds. The average Bonchev–Trinajstić information content (AvgIpc) is 3.32. The largest absolute Gasteiger partial charge is 0.497 e. The summed E-state index contributed by atoms with van der Waals surface area (Å²) in [7, 11) is 3.28. The number of nitrogens with one attached hydrogen (secondary N) is 2. The first kappa shape index (κ1) is 20.0. The van der Waals surface area contributed by atoms with Crippen LogP contribution in [0, 0.1) is 0 Å². The van der Waals surface area contributed by atoms with Crippen LogP contribution in [-0.4, -0.2) is 43.3 Å². The Labute approximate surface area is 176 Å². The summed E-state index contributed by atoms with van der Waals surface area (Å²) in [6, 6.07) is 15.5. The lowest BCUT2D eigenvalue weighted by Crippen LogP contribution is -2.29. The summed E-state index contributed by atoms with van der Waals surface area (Å²) >= 11 is 0. The van der Waals surface area contributed by atoms with Gasteiger partial charge in [0.15, 0.2) is 5.82 Å². The second-order valence-corrected chi connectivity index (χ2v) is 7.10. The molecular weight excluding hydrogens is 380 g/mol. The molecule has 1 fully saturated rings. The van der Waals surface area contributed by atoms with Crippen molar-refractivity contribution in [2.75, 3.05) is 32.6 Å². The van der Waals surface area contributed by atoms with Crippen LogP contribution < -0.4 is 24.8 Å². The molecule has 30 heavy (non-hydrogen) atoms. The number of methoxy groups -OCH3 is 2. The maximum atomic E-state index is 6.12. The van der Waals surface area contributed by atoms with Gasteiger partial charge in [-0.15, -0.1) is 0 Å². The van der Waals surface area contributed by atoms with Crippen LogP contribution in [0.5, 0.6) is 23.1 Å². The molecular formula is C23H26N4O3. The summed E-state index contributed by atoms with van der Waals surface area (Å²) in [4.78, 5) is 9.25. The Morgan fingerprint density at radius 2 is 1.83 bits per heavy atom. The number of hydrogen-bond donors (Lipinski definition) is 2. The Balaban J connectivity index is 1.62. The van der Waals surface area contributed by atoms with Gasteiger partial charge in [-0.1, -0.05) is 12.1 Å². The Morgan fingerprint density at radius 3 is 2.57 bits per heavy atom. The van der Waals surface area contributed by atoms with E-state index in [1.54, 1.807) is 20.4 Å². The van der Waals surface area contributed by atoms with E-state index in [4.69, 9.17) is 19.2 Å². The molecule has 1 aliphatic heterocycles. The van der Waals surface area contributed by atoms with Crippen LogP contribution in [0.2, 0.25) is 0 Å². The quantitative estimate of drug-likeness (QED) is 0.583. The minimum atomic E-state index is 0.442. The predicted octanol–water partition coefficient (Wildman–Crippen LogP) is 4.12. The number of aromatic nitrogens is 2. The maximum absolute atomic E-state index is 6.12. The van der Waals surface area contributed by atoms with E-state index in [2.05, 4.69) is 15.6 Å². The van der Waals surface area contributed by atoms with Crippen LogP contribution in [0.1, 0.15) is 12.8 Å². The van der Waals surface area contributed by atoms with Crippen molar-refractivity contribution in [3.8, 4) is 34.5 Å². The molecule has 2 aromatic carbocycles. The number of nitrogens with zero attached hydrogens (tertiary/aromatic N) is 2. The Hall–Kier alpha value is -3.32. The van der Waals surface area contributed by atoms with Gasteiger partial charge < -0.3 is 24.8 Å². The third-order valence-corrected chi connectivity index (χ3v) is 5.06. The summed E-state index contributed by atoms with van der Waals surface area (Å²) in [6.07, 6.45) is 4.13. The van der Waals surface area contributed by atoms with Gasteiger partial charge in [-0.2, -0.15) is 4.98 Å². The fraction of sp³-hybridized carbons (Fsp3) is 0.304. The van der Waals surface area contributed by atoms with Gasteiger partial charge in [0.05, 0.1) is 20.4 Å². The maximum Gasteiger partial charge on any atom is 0.246 e. The minimum absolute atomic E-state index is 0.442. The van der Waals surface area contributed by atoms with Crippen molar-refractivity contribution in [1.29, 1.82) is 0 Å². The van der Waals surface area contributed by atoms with Crippen LogP contribution in [0.15, 0.2) is 54.7 Å². The minimum Gasteiger partial charge on any atom is -0.497 e. The molecule has 0 aliphatic carbocycles. The predicted molar refractivity (Wildman–Crippen MR) is 117 cm³/mol. The molecule has 1 aromatic heterocycles. The summed E-state index contributed by atoms with van der Waals surface area (Å²) in [5.74, 6) is 3.25. The highest BCUT2D eigenvalue weighted by Crippen LogP contribution is 2.31. The number of anilines is 1. The van der Waals surface area contributed by atoms with Gasteiger partial charge in [0.2, 0.25) is 5.88 Å². The van der Waals surface area contributed by atoms with E-state index in [0.717, 1.165) is 42.3 Å². The molecule has 0 radical (unpaired) electrons. The second-order valence-electron chi connectivity index (χ2n) is 7.10. The van der Waals surface area contributed by atoms with Gasteiger partial charge in [-0.25, -0.2) is 4.98 Å². The Kier molecular flexibility index (Phi) is 6.29. The van der Waals surface area contributed by atoms with E-state index < -0.39 is 0 Å². The number of benzene rings is 2. The molecule has 0 bridgehead atoms. The monoisotopic (exact) mass is 406 g/mol. The van der Waals surface area contributed by atoms with Gasteiger partial charge in [0.25, 0.3) is 0 Å². The fourth-order valence-electron chi connectivity index (χ4n) is 3.39. The van der Waals surface area contributed by atoms with Crippen LogP contribution in [0.3, 0.4) is 0 Å². The van der Waals surface area contributed by atoms with Gasteiger partial charge in [0.1, 0.15) is 22.9 Å². The highest BCUT2D eigenvalue weighted by atomic mass is 16.5. The normalized spacial score (nSPS) is 15.6. The van der Waals surface area contributed by atoms with E-state index in [-0.39, 0.29) is 0 Å². The fourth-order valence-corrected chi connectivity index (χ4v) is 3.39. The lowest BCUT2D eigenvalue weighted by molar-refractivity contribution is 0.412. The molecule has 1 aliphatic rings. The molecule has 1 saturated heterocycles. The van der Waals surface area contributed by atoms with Crippen LogP contribution in [0.25, 0.3) is 11.4 Å². The van der Waals surface area contributed by atoms with E-state index in [0.29, 0.717) is 23.5 Å².